The number of likely N-dealkylation sites (tertiary alicyclic amines) is 1. The first-order valence-electron chi connectivity index (χ1n) is 8.25. The van der Waals surface area contributed by atoms with Crippen LogP contribution in [0.5, 0.6) is 0 Å². The van der Waals surface area contributed by atoms with Crippen LogP contribution in [0.3, 0.4) is 0 Å². The van der Waals surface area contributed by atoms with Gasteiger partial charge in [-0.15, -0.1) is 0 Å². The highest BCUT2D eigenvalue weighted by Crippen LogP contribution is 2.29. The van der Waals surface area contributed by atoms with Gasteiger partial charge in [0.15, 0.2) is 0 Å². The van der Waals surface area contributed by atoms with Gasteiger partial charge in [0.1, 0.15) is 10.7 Å². The van der Waals surface area contributed by atoms with E-state index in [-0.39, 0.29) is 17.6 Å². The third kappa shape index (κ3) is 2.50. The number of imidazole rings is 1. The molecule has 8 heteroatoms. The minimum atomic E-state index is -0.0904. The van der Waals surface area contributed by atoms with E-state index in [2.05, 4.69) is 9.97 Å². The molecular weight excluding hydrogens is 342 g/mol. The summed E-state index contributed by atoms with van der Waals surface area (Å²) in [5.41, 5.74) is 2.75. The molecule has 130 valence electrons. The smallest absolute Gasteiger partial charge is 0.329 e. The summed E-state index contributed by atoms with van der Waals surface area (Å²) < 4.78 is 3.40. The first-order chi connectivity index (χ1) is 12.0. The molecule has 0 radical (unpaired) electrons. The molecule has 4 heterocycles. The zero-order valence-corrected chi connectivity index (χ0v) is 14.8. The molecule has 1 aliphatic rings. The van der Waals surface area contributed by atoms with E-state index in [0.717, 1.165) is 23.9 Å². The second-order valence-electron chi connectivity index (χ2n) is 6.44. The SMILES string of the molecule is CC(=O)N1CCC(n2c(=O)n(C)c3cnc4ccc(Cl)nc4c32)CC1. The summed E-state index contributed by atoms with van der Waals surface area (Å²) in [6.07, 6.45) is 3.18. The number of aromatic nitrogens is 4. The fourth-order valence-electron chi connectivity index (χ4n) is 3.64. The van der Waals surface area contributed by atoms with Crippen molar-refractivity contribution in [1.29, 1.82) is 0 Å². The van der Waals surface area contributed by atoms with Crippen LogP contribution in [0.25, 0.3) is 22.1 Å². The van der Waals surface area contributed by atoms with Crippen molar-refractivity contribution in [1.82, 2.24) is 24.0 Å². The number of pyridine rings is 2. The zero-order valence-electron chi connectivity index (χ0n) is 14.1. The lowest BCUT2D eigenvalue weighted by Crippen LogP contribution is -2.39. The Morgan fingerprint density at radius 3 is 2.68 bits per heavy atom. The summed E-state index contributed by atoms with van der Waals surface area (Å²) >= 11 is 6.08. The predicted molar refractivity (Wildman–Crippen MR) is 95.8 cm³/mol. The molecule has 1 amide bonds. The number of piperidine rings is 1. The van der Waals surface area contributed by atoms with Crippen molar-refractivity contribution >= 4 is 39.6 Å². The van der Waals surface area contributed by atoms with Crippen molar-refractivity contribution in [2.24, 2.45) is 7.05 Å². The molecule has 3 aromatic heterocycles. The molecule has 0 spiro atoms. The van der Waals surface area contributed by atoms with Crippen molar-refractivity contribution in [3.8, 4) is 0 Å². The van der Waals surface area contributed by atoms with Crippen molar-refractivity contribution in [3.05, 3.63) is 34.0 Å². The largest absolute Gasteiger partial charge is 0.343 e. The van der Waals surface area contributed by atoms with E-state index in [1.807, 2.05) is 11.0 Å². The summed E-state index contributed by atoms with van der Waals surface area (Å²) in [7, 11) is 1.74. The fraction of sp³-hybridized carbons (Fsp3) is 0.412. The predicted octanol–water partition coefficient (Wildman–Crippen LogP) is 2.12. The standard InChI is InChI=1S/C17H18ClN5O2/c1-10(24)22-7-5-11(6-8-22)23-16-13(21(2)17(23)25)9-19-12-3-4-14(18)20-15(12)16/h3-4,9,11H,5-8H2,1-2H3. The third-order valence-electron chi connectivity index (χ3n) is 5.00. The minimum Gasteiger partial charge on any atom is -0.343 e. The molecule has 0 unspecified atom stereocenters. The Kier molecular flexibility index (Phi) is 3.76. The molecule has 0 atom stereocenters. The normalized spacial score (nSPS) is 16.0. The van der Waals surface area contributed by atoms with Crippen LogP contribution in [-0.2, 0) is 11.8 Å². The van der Waals surface area contributed by atoms with Crippen LogP contribution >= 0.6 is 11.6 Å². The molecule has 0 bridgehead atoms. The Balaban J connectivity index is 1.91. The number of hydrogen-bond donors (Lipinski definition) is 0. The lowest BCUT2D eigenvalue weighted by atomic mass is 10.0. The topological polar surface area (TPSA) is 73.0 Å². The average Bonchev–Trinajstić information content (AvgIpc) is 2.86. The molecule has 1 fully saturated rings. The molecule has 25 heavy (non-hydrogen) atoms. The second kappa shape index (κ2) is 5.84. The molecular formula is C17H18ClN5O2. The maximum Gasteiger partial charge on any atom is 0.329 e. The molecule has 0 aromatic carbocycles. The number of hydrogen-bond acceptors (Lipinski definition) is 4. The van der Waals surface area contributed by atoms with Crippen molar-refractivity contribution in [2.75, 3.05) is 13.1 Å². The van der Waals surface area contributed by atoms with Crippen LogP contribution in [-0.4, -0.2) is 43.0 Å². The molecule has 0 saturated carbocycles. The van der Waals surface area contributed by atoms with Crippen LogP contribution in [0.2, 0.25) is 5.15 Å². The van der Waals surface area contributed by atoms with E-state index < -0.39 is 0 Å². The summed E-state index contributed by atoms with van der Waals surface area (Å²) in [6, 6.07) is 3.53. The van der Waals surface area contributed by atoms with Gasteiger partial charge in [-0.25, -0.2) is 9.78 Å². The van der Waals surface area contributed by atoms with Gasteiger partial charge in [0, 0.05) is 33.1 Å². The minimum absolute atomic E-state index is 0.0261. The average molecular weight is 360 g/mol. The fourth-order valence-corrected chi connectivity index (χ4v) is 3.79. The maximum absolute atomic E-state index is 12.9. The summed E-state index contributed by atoms with van der Waals surface area (Å²) in [6.45, 7) is 2.88. The van der Waals surface area contributed by atoms with Gasteiger partial charge in [-0.1, -0.05) is 11.6 Å². The van der Waals surface area contributed by atoms with Crippen LogP contribution in [0.15, 0.2) is 23.1 Å². The number of amides is 1. The van der Waals surface area contributed by atoms with Crippen molar-refractivity contribution in [3.63, 3.8) is 0 Å². The lowest BCUT2D eigenvalue weighted by molar-refractivity contribution is -0.130. The zero-order chi connectivity index (χ0) is 17.7. The maximum atomic E-state index is 12.9. The first kappa shape index (κ1) is 16.1. The van der Waals surface area contributed by atoms with Gasteiger partial charge in [0.25, 0.3) is 0 Å². The summed E-state index contributed by atoms with van der Waals surface area (Å²) in [5.74, 6) is 0.0758. The Bertz CT molecular complexity index is 1050. The highest BCUT2D eigenvalue weighted by Gasteiger charge is 2.27. The molecule has 1 saturated heterocycles. The van der Waals surface area contributed by atoms with Gasteiger partial charge >= 0.3 is 5.69 Å². The van der Waals surface area contributed by atoms with Gasteiger partial charge in [0.2, 0.25) is 5.91 Å². The van der Waals surface area contributed by atoms with Crippen LogP contribution in [0.4, 0.5) is 0 Å². The molecule has 0 N–H and O–H groups in total. The number of halogens is 1. The molecule has 0 aliphatic carbocycles. The number of fused-ring (bicyclic) bond motifs is 3. The van der Waals surface area contributed by atoms with E-state index >= 15 is 0 Å². The number of carbonyl (C=O) groups excluding carboxylic acids is 1. The Morgan fingerprint density at radius 2 is 2.00 bits per heavy atom. The lowest BCUT2D eigenvalue weighted by Gasteiger charge is -2.31. The summed E-state index contributed by atoms with van der Waals surface area (Å²) in [5, 5.41) is 0.371. The number of nitrogens with zero attached hydrogens (tertiary/aromatic N) is 5. The molecule has 3 aromatic rings. The highest BCUT2D eigenvalue weighted by atomic mass is 35.5. The Labute approximate surface area is 148 Å². The highest BCUT2D eigenvalue weighted by molar-refractivity contribution is 6.30. The van der Waals surface area contributed by atoms with Gasteiger partial charge in [0.05, 0.1) is 22.7 Å². The molecule has 7 nitrogen and oxygen atoms in total. The number of rotatable bonds is 1. The van der Waals surface area contributed by atoms with Crippen LogP contribution in [0.1, 0.15) is 25.8 Å². The number of carbonyl (C=O) groups is 1. The first-order valence-corrected chi connectivity index (χ1v) is 8.63. The van der Waals surface area contributed by atoms with Gasteiger partial charge in [-0.3, -0.25) is 18.9 Å². The summed E-state index contributed by atoms with van der Waals surface area (Å²) in [4.78, 5) is 35.1. The Morgan fingerprint density at radius 1 is 1.28 bits per heavy atom. The van der Waals surface area contributed by atoms with E-state index in [1.165, 1.54) is 0 Å². The van der Waals surface area contributed by atoms with Crippen LogP contribution < -0.4 is 5.69 Å². The molecule has 1 aliphatic heterocycles. The van der Waals surface area contributed by atoms with Crippen molar-refractivity contribution < 1.29 is 4.79 Å². The van der Waals surface area contributed by atoms with Gasteiger partial charge in [-0.2, -0.15) is 0 Å². The van der Waals surface area contributed by atoms with Crippen LogP contribution in [0, 0.1) is 0 Å². The van der Waals surface area contributed by atoms with E-state index in [9.17, 15) is 9.59 Å². The van der Waals surface area contributed by atoms with Gasteiger partial charge in [-0.05, 0) is 25.0 Å². The van der Waals surface area contributed by atoms with E-state index in [4.69, 9.17) is 11.6 Å². The third-order valence-corrected chi connectivity index (χ3v) is 5.21. The second-order valence-corrected chi connectivity index (χ2v) is 6.83. The Hall–Kier alpha value is -2.41. The monoisotopic (exact) mass is 359 g/mol. The quantitative estimate of drug-likeness (QED) is 0.624. The van der Waals surface area contributed by atoms with Gasteiger partial charge < -0.3 is 4.90 Å². The molecule has 4 rings (SSSR count). The number of aryl methyl sites for hydroxylation is 1. The van der Waals surface area contributed by atoms with Crippen molar-refractivity contribution in [2.45, 2.75) is 25.8 Å². The van der Waals surface area contributed by atoms with E-state index in [1.54, 1.807) is 35.4 Å². The van der Waals surface area contributed by atoms with E-state index in [0.29, 0.717) is 29.3 Å².